The van der Waals surface area contributed by atoms with Gasteiger partial charge in [-0.2, -0.15) is 0 Å². The summed E-state index contributed by atoms with van der Waals surface area (Å²) in [7, 11) is 3.65. The molecule has 1 amide bonds. The second-order valence-electron chi connectivity index (χ2n) is 7.90. The fourth-order valence-electron chi connectivity index (χ4n) is 4.84. The van der Waals surface area contributed by atoms with Crippen molar-refractivity contribution in [2.75, 3.05) is 38.7 Å². The van der Waals surface area contributed by atoms with Crippen molar-refractivity contribution in [3.05, 3.63) is 17.0 Å². The van der Waals surface area contributed by atoms with Crippen molar-refractivity contribution in [1.82, 2.24) is 14.9 Å². The van der Waals surface area contributed by atoms with E-state index in [-0.39, 0.29) is 17.4 Å². The lowest BCUT2D eigenvalue weighted by molar-refractivity contribution is -0.153. The lowest BCUT2D eigenvalue weighted by Crippen LogP contribution is -2.56. The van der Waals surface area contributed by atoms with E-state index in [0.717, 1.165) is 56.8 Å². The minimum atomic E-state index is -0.268. The van der Waals surface area contributed by atoms with Crippen LogP contribution in [0.5, 0.6) is 0 Å². The van der Waals surface area contributed by atoms with Crippen LogP contribution in [0.2, 0.25) is 0 Å². The number of carbonyl (C=O) groups excluding carboxylic acids is 1. The molecule has 4 rings (SSSR count). The van der Waals surface area contributed by atoms with E-state index in [2.05, 4.69) is 11.8 Å². The lowest BCUT2D eigenvalue weighted by Gasteiger charge is -2.47. The van der Waals surface area contributed by atoms with E-state index in [1.807, 2.05) is 11.9 Å². The summed E-state index contributed by atoms with van der Waals surface area (Å²) in [5.74, 6) is 1.14. The fourth-order valence-corrected chi connectivity index (χ4v) is 4.84. The van der Waals surface area contributed by atoms with Gasteiger partial charge in [-0.1, -0.05) is 0 Å². The first-order chi connectivity index (χ1) is 12.0. The number of rotatable bonds is 2. The summed E-state index contributed by atoms with van der Waals surface area (Å²) in [6.45, 7) is 4.49. The molecule has 25 heavy (non-hydrogen) atoms. The molecule has 3 aliphatic rings. The van der Waals surface area contributed by atoms with Crippen LogP contribution in [-0.4, -0.2) is 60.7 Å². The third kappa shape index (κ3) is 2.80. The Morgan fingerprint density at radius 2 is 1.96 bits per heavy atom. The Morgan fingerprint density at radius 3 is 2.68 bits per heavy atom. The van der Waals surface area contributed by atoms with Crippen molar-refractivity contribution < 1.29 is 9.53 Å². The van der Waals surface area contributed by atoms with Crippen LogP contribution < -0.4 is 4.90 Å². The molecule has 1 aromatic rings. The van der Waals surface area contributed by atoms with Crippen LogP contribution in [0, 0.1) is 12.3 Å². The molecule has 2 saturated heterocycles. The highest BCUT2D eigenvalue weighted by Crippen LogP contribution is 2.42. The molecular weight excluding hydrogens is 316 g/mol. The Labute approximate surface area is 149 Å². The van der Waals surface area contributed by atoms with Gasteiger partial charge in [0.2, 0.25) is 11.9 Å². The van der Waals surface area contributed by atoms with E-state index in [0.29, 0.717) is 6.54 Å². The quantitative estimate of drug-likeness (QED) is 0.818. The molecule has 136 valence electrons. The standard InChI is InChI=1S/C19H28N4O2/c1-13-15-5-4-6-16(15)21-18(20-13)23-9-7-19(8-10-23)11-14(25-3)12-22(2)17(19)24/h14H,4-12H2,1-3H3. The largest absolute Gasteiger partial charge is 0.380 e. The zero-order valence-corrected chi connectivity index (χ0v) is 15.5. The number of ether oxygens (including phenoxy) is 1. The molecule has 6 nitrogen and oxygen atoms in total. The first kappa shape index (κ1) is 16.8. The molecular formula is C19H28N4O2. The Hall–Kier alpha value is -1.69. The highest BCUT2D eigenvalue weighted by Gasteiger charge is 2.48. The molecule has 1 unspecified atom stereocenters. The second kappa shape index (κ2) is 6.24. The number of carbonyl (C=O) groups is 1. The maximum atomic E-state index is 12.8. The van der Waals surface area contributed by atoms with E-state index in [1.165, 1.54) is 17.7 Å². The number of aryl methyl sites for hydroxylation is 2. The van der Waals surface area contributed by atoms with Crippen LogP contribution in [0.25, 0.3) is 0 Å². The number of likely N-dealkylation sites (N-methyl/N-ethyl adjacent to an activating group) is 1. The molecule has 1 aromatic heterocycles. The molecule has 2 aliphatic heterocycles. The van der Waals surface area contributed by atoms with E-state index in [9.17, 15) is 4.79 Å². The summed E-state index contributed by atoms with van der Waals surface area (Å²) < 4.78 is 5.58. The Morgan fingerprint density at radius 1 is 1.20 bits per heavy atom. The van der Waals surface area contributed by atoms with Gasteiger partial charge in [0.15, 0.2) is 0 Å². The van der Waals surface area contributed by atoms with Gasteiger partial charge in [-0.15, -0.1) is 0 Å². The van der Waals surface area contributed by atoms with Gasteiger partial charge in [-0.25, -0.2) is 9.97 Å². The van der Waals surface area contributed by atoms with Crippen molar-refractivity contribution in [3.63, 3.8) is 0 Å². The number of amides is 1. The minimum absolute atomic E-state index is 0.146. The number of fused-ring (bicyclic) bond motifs is 1. The average molecular weight is 344 g/mol. The molecule has 2 fully saturated rings. The van der Waals surface area contributed by atoms with Crippen LogP contribution in [-0.2, 0) is 22.4 Å². The first-order valence-electron chi connectivity index (χ1n) is 9.42. The molecule has 0 N–H and O–H groups in total. The van der Waals surface area contributed by atoms with Crippen LogP contribution >= 0.6 is 0 Å². The number of methoxy groups -OCH3 is 1. The van der Waals surface area contributed by atoms with Crippen molar-refractivity contribution in [1.29, 1.82) is 0 Å². The minimum Gasteiger partial charge on any atom is -0.380 e. The van der Waals surface area contributed by atoms with Crippen molar-refractivity contribution in [3.8, 4) is 0 Å². The summed E-state index contributed by atoms with van der Waals surface area (Å²) in [5.41, 5.74) is 3.45. The van der Waals surface area contributed by atoms with Crippen LogP contribution in [0.4, 0.5) is 5.95 Å². The fraction of sp³-hybridized carbons (Fsp3) is 0.737. The zero-order valence-electron chi connectivity index (χ0n) is 15.5. The normalized spacial score (nSPS) is 25.6. The van der Waals surface area contributed by atoms with Gasteiger partial charge in [0.25, 0.3) is 0 Å². The van der Waals surface area contributed by atoms with E-state index >= 15 is 0 Å². The number of nitrogens with zero attached hydrogens (tertiary/aromatic N) is 4. The van der Waals surface area contributed by atoms with Crippen molar-refractivity contribution in [2.45, 2.75) is 51.6 Å². The molecule has 0 bridgehead atoms. The van der Waals surface area contributed by atoms with Gasteiger partial charge in [0, 0.05) is 45.2 Å². The molecule has 1 spiro atoms. The predicted octanol–water partition coefficient (Wildman–Crippen LogP) is 1.74. The summed E-state index contributed by atoms with van der Waals surface area (Å²) in [6.07, 6.45) is 6.07. The molecule has 1 atom stereocenters. The SMILES string of the molecule is COC1CN(C)C(=O)C2(CCN(c3nc(C)c4c(n3)CCC4)CC2)C1. The monoisotopic (exact) mass is 344 g/mol. The maximum absolute atomic E-state index is 12.8. The van der Waals surface area contributed by atoms with Crippen LogP contribution in [0.3, 0.4) is 0 Å². The van der Waals surface area contributed by atoms with Crippen molar-refractivity contribution >= 4 is 11.9 Å². The molecule has 1 aliphatic carbocycles. The van der Waals surface area contributed by atoms with Crippen LogP contribution in [0.1, 0.15) is 42.6 Å². The number of aromatic nitrogens is 2. The third-order valence-corrected chi connectivity index (χ3v) is 6.36. The highest BCUT2D eigenvalue weighted by molar-refractivity contribution is 5.83. The van der Waals surface area contributed by atoms with E-state index in [1.54, 1.807) is 7.11 Å². The summed E-state index contributed by atoms with van der Waals surface area (Å²) in [5, 5.41) is 0. The maximum Gasteiger partial charge on any atom is 0.228 e. The highest BCUT2D eigenvalue weighted by atomic mass is 16.5. The zero-order chi connectivity index (χ0) is 17.6. The van der Waals surface area contributed by atoms with Crippen LogP contribution in [0.15, 0.2) is 0 Å². The Balaban J connectivity index is 1.51. The van der Waals surface area contributed by atoms with Gasteiger partial charge < -0.3 is 14.5 Å². The van der Waals surface area contributed by atoms with Gasteiger partial charge >= 0.3 is 0 Å². The Kier molecular flexibility index (Phi) is 4.18. The molecule has 6 heteroatoms. The van der Waals surface area contributed by atoms with Gasteiger partial charge in [-0.3, -0.25) is 4.79 Å². The number of anilines is 1. The van der Waals surface area contributed by atoms with Gasteiger partial charge in [0.05, 0.1) is 11.5 Å². The van der Waals surface area contributed by atoms with E-state index in [4.69, 9.17) is 14.7 Å². The molecule has 3 heterocycles. The molecule has 0 aromatic carbocycles. The topological polar surface area (TPSA) is 58.6 Å². The second-order valence-corrected chi connectivity index (χ2v) is 7.90. The average Bonchev–Trinajstić information content (AvgIpc) is 3.09. The number of likely N-dealkylation sites (tertiary alicyclic amines) is 1. The summed E-state index contributed by atoms with van der Waals surface area (Å²) >= 11 is 0. The molecule has 0 saturated carbocycles. The third-order valence-electron chi connectivity index (χ3n) is 6.36. The summed E-state index contributed by atoms with van der Waals surface area (Å²) in [6, 6.07) is 0. The number of piperidine rings is 2. The van der Waals surface area contributed by atoms with Gasteiger partial charge in [-0.05, 0) is 51.0 Å². The predicted molar refractivity (Wildman–Crippen MR) is 95.7 cm³/mol. The van der Waals surface area contributed by atoms with Crippen molar-refractivity contribution in [2.24, 2.45) is 5.41 Å². The molecule has 0 radical (unpaired) electrons. The number of hydrogen-bond donors (Lipinski definition) is 0. The smallest absolute Gasteiger partial charge is 0.228 e. The Bertz CT molecular complexity index is 682. The van der Waals surface area contributed by atoms with Gasteiger partial charge in [0.1, 0.15) is 0 Å². The lowest BCUT2D eigenvalue weighted by atomic mass is 9.71. The first-order valence-corrected chi connectivity index (χ1v) is 9.42. The number of hydrogen-bond acceptors (Lipinski definition) is 5. The van der Waals surface area contributed by atoms with E-state index < -0.39 is 0 Å². The summed E-state index contributed by atoms with van der Waals surface area (Å²) in [4.78, 5) is 26.5.